The van der Waals surface area contributed by atoms with E-state index in [0.29, 0.717) is 0 Å². The predicted octanol–water partition coefficient (Wildman–Crippen LogP) is 3.19. The Morgan fingerprint density at radius 2 is 1.80 bits per heavy atom. The molecule has 0 saturated heterocycles. The van der Waals surface area contributed by atoms with E-state index in [1.165, 1.54) is 0 Å². The third-order valence-electron chi connectivity index (χ3n) is 1.64. The van der Waals surface area contributed by atoms with Crippen LogP contribution >= 0.6 is 7.60 Å². The first-order valence-corrected chi connectivity index (χ1v) is 6.61. The quantitative estimate of drug-likeness (QED) is 0.808. The first-order chi connectivity index (χ1) is 6.79. The molecule has 0 heterocycles. The molecule has 1 rings (SSSR count). The van der Waals surface area contributed by atoms with E-state index in [-0.39, 0.29) is 6.16 Å². The van der Waals surface area contributed by atoms with Crippen LogP contribution < -0.4 is 0 Å². The minimum atomic E-state index is -3.54. The van der Waals surface area contributed by atoms with Crippen LogP contribution in [0.4, 0.5) is 0 Å². The van der Waals surface area contributed by atoms with Crippen LogP contribution in [0.25, 0.3) is 0 Å². The first-order valence-electron chi connectivity index (χ1n) is 4.85. The van der Waals surface area contributed by atoms with Crippen LogP contribution in [0.5, 0.6) is 0 Å². The van der Waals surface area contributed by atoms with Gasteiger partial charge in [-0.2, -0.15) is 0 Å². The fourth-order valence-corrected chi connectivity index (χ4v) is 2.87. The van der Waals surface area contributed by atoms with Crippen molar-refractivity contribution in [3.05, 3.63) is 35.9 Å². The molecule has 1 aromatic carbocycles. The average molecular weight is 228 g/mol. The van der Waals surface area contributed by atoms with E-state index >= 15 is 0 Å². The topological polar surface area (TPSA) is 46.5 Å². The maximum Gasteiger partial charge on any atom is 0.332 e. The van der Waals surface area contributed by atoms with Crippen molar-refractivity contribution in [2.75, 3.05) is 0 Å². The average Bonchev–Trinajstić information content (AvgIpc) is 1.99. The Morgan fingerprint density at radius 1 is 1.27 bits per heavy atom. The minimum Gasteiger partial charge on any atom is -0.324 e. The lowest BCUT2D eigenvalue weighted by Crippen LogP contribution is -2.17. The summed E-state index contributed by atoms with van der Waals surface area (Å²) in [6.45, 7) is 5.29. The van der Waals surface area contributed by atoms with E-state index in [1.807, 2.05) is 30.3 Å². The van der Waals surface area contributed by atoms with E-state index < -0.39 is 13.2 Å². The van der Waals surface area contributed by atoms with Gasteiger partial charge >= 0.3 is 7.60 Å². The van der Waals surface area contributed by atoms with Crippen molar-refractivity contribution in [2.45, 2.75) is 32.5 Å². The molecule has 1 unspecified atom stereocenters. The van der Waals surface area contributed by atoms with Gasteiger partial charge in [0.2, 0.25) is 0 Å². The van der Waals surface area contributed by atoms with Crippen molar-refractivity contribution < 1.29 is 14.0 Å². The summed E-state index contributed by atoms with van der Waals surface area (Å²) >= 11 is 0. The van der Waals surface area contributed by atoms with Gasteiger partial charge in [-0.25, -0.2) is 0 Å². The molecule has 0 aromatic heterocycles. The molecule has 3 nitrogen and oxygen atoms in total. The van der Waals surface area contributed by atoms with Gasteiger partial charge in [0.1, 0.15) is 0 Å². The second kappa shape index (κ2) is 4.48. The summed E-state index contributed by atoms with van der Waals surface area (Å²) < 4.78 is 16.9. The van der Waals surface area contributed by atoms with Crippen LogP contribution in [0.3, 0.4) is 0 Å². The largest absolute Gasteiger partial charge is 0.332 e. The van der Waals surface area contributed by atoms with Crippen LogP contribution in [0.2, 0.25) is 0 Å². The number of rotatable bonds is 3. The molecule has 0 bridgehead atoms. The zero-order chi connectivity index (χ0) is 11.5. The molecule has 0 fully saturated rings. The lowest BCUT2D eigenvalue weighted by Gasteiger charge is -2.23. The minimum absolute atomic E-state index is 0.0606. The SMILES string of the molecule is CC(C)(C)OP(=O)(O)Cc1ccccc1. The Bertz CT molecular complexity index is 354. The van der Waals surface area contributed by atoms with E-state index in [1.54, 1.807) is 20.8 Å². The summed E-state index contributed by atoms with van der Waals surface area (Å²) in [6.07, 6.45) is 0.0606. The van der Waals surface area contributed by atoms with Crippen LogP contribution in [0.15, 0.2) is 30.3 Å². The highest BCUT2D eigenvalue weighted by Gasteiger charge is 2.27. The maximum atomic E-state index is 11.7. The summed E-state index contributed by atoms with van der Waals surface area (Å²) in [5.74, 6) is 0. The van der Waals surface area contributed by atoms with Gasteiger partial charge in [0.15, 0.2) is 0 Å². The third kappa shape index (κ3) is 5.12. The van der Waals surface area contributed by atoms with Crippen molar-refractivity contribution >= 4 is 7.60 Å². The van der Waals surface area contributed by atoms with Crippen LogP contribution in [0, 0.1) is 0 Å². The molecule has 0 aliphatic rings. The zero-order valence-electron chi connectivity index (χ0n) is 9.30. The molecule has 0 amide bonds. The van der Waals surface area contributed by atoms with Gasteiger partial charge in [0.05, 0.1) is 11.8 Å². The normalized spacial score (nSPS) is 16.0. The molecule has 0 spiro atoms. The summed E-state index contributed by atoms with van der Waals surface area (Å²) in [7, 11) is -3.54. The lowest BCUT2D eigenvalue weighted by atomic mass is 10.2. The molecule has 0 aliphatic heterocycles. The van der Waals surface area contributed by atoms with Gasteiger partial charge < -0.3 is 9.42 Å². The van der Waals surface area contributed by atoms with Gasteiger partial charge in [-0.15, -0.1) is 0 Å². The third-order valence-corrected chi connectivity index (χ3v) is 3.24. The molecule has 1 aromatic rings. The monoisotopic (exact) mass is 228 g/mol. The van der Waals surface area contributed by atoms with Gasteiger partial charge in [-0.05, 0) is 26.3 Å². The smallest absolute Gasteiger partial charge is 0.324 e. The highest BCUT2D eigenvalue weighted by atomic mass is 31.2. The molecule has 0 radical (unpaired) electrons. The Morgan fingerprint density at radius 3 is 2.27 bits per heavy atom. The van der Waals surface area contributed by atoms with Crippen molar-refractivity contribution in [2.24, 2.45) is 0 Å². The highest BCUT2D eigenvalue weighted by Crippen LogP contribution is 2.48. The van der Waals surface area contributed by atoms with Gasteiger partial charge in [-0.1, -0.05) is 30.3 Å². The lowest BCUT2D eigenvalue weighted by molar-refractivity contribution is 0.111. The van der Waals surface area contributed by atoms with Crippen LogP contribution in [-0.4, -0.2) is 10.5 Å². The molecule has 4 heteroatoms. The van der Waals surface area contributed by atoms with Gasteiger partial charge in [-0.3, -0.25) is 4.57 Å². The van der Waals surface area contributed by atoms with Gasteiger partial charge in [0, 0.05) is 0 Å². The number of benzene rings is 1. The number of hydrogen-bond acceptors (Lipinski definition) is 2. The molecule has 1 atom stereocenters. The van der Waals surface area contributed by atoms with Gasteiger partial charge in [0.25, 0.3) is 0 Å². The molecule has 15 heavy (non-hydrogen) atoms. The van der Waals surface area contributed by atoms with Crippen molar-refractivity contribution in [3.63, 3.8) is 0 Å². The summed E-state index contributed by atoms with van der Waals surface area (Å²) in [6, 6.07) is 9.18. The molecule has 84 valence electrons. The van der Waals surface area contributed by atoms with Crippen LogP contribution in [-0.2, 0) is 15.3 Å². The molecular weight excluding hydrogens is 211 g/mol. The second-order valence-corrected chi connectivity index (χ2v) is 6.26. The van der Waals surface area contributed by atoms with E-state index in [0.717, 1.165) is 5.56 Å². The van der Waals surface area contributed by atoms with Crippen molar-refractivity contribution in [3.8, 4) is 0 Å². The second-order valence-electron chi connectivity index (χ2n) is 4.48. The Hall–Kier alpha value is -0.630. The summed E-state index contributed by atoms with van der Waals surface area (Å²) in [4.78, 5) is 9.64. The summed E-state index contributed by atoms with van der Waals surface area (Å²) in [5.41, 5.74) is 0.214. The Kier molecular flexibility index (Phi) is 3.72. The van der Waals surface area contributed by atoms with E-state index in [9.17, 15) is 9.46 Å². The molecule has 0 saturated carbocycles. The first kappa shape index (κ1) is 12.4. The van der Waals surface area contributed by atoms with Crippen LogP contribution in [0.1, 0.15) is 26.3 Å². The zero-order valence-corrected chi connectivity index (χ0v) is 10.2. The van der Waals surface area contributed by atoms with E-state index in [2.05, 4.69) is 0 Å². The summed E-state index contributed by atoms with van der Waals surface area (Å²) in [5, 5.41) is 0. The Labute approximate surface area is 90.6 Å². The predicted molar refractivity (Wildman–Crippen MR) is 60.8 cm³/mol. The fraction of sp³-hybridized carbons (Fsp3) is 0.455. The molecule has 0 aliphatic carbocycles. The standard InChI is InChI=1S/C11H17O3P/c1-11(2,3)14-15(12,13)9-10-7-5-4-6-8-10/h4-8H,9H2,1-3H3,(H,12,13). The highest BCUT2D eigenvalue weighted by molar-refractivity contribution is 7.52. The van der Waals surface area contributed by atoms with Crippen molar-refractivity contribution in [1.29, 1.82) is 0 Å². The molecular formula is C11H17O3P. The number of hydrogen-bond donors (Lipinski definition) is 1. The van der Waals surface area contributed by atoms with E-state index in [4.69, 9.17) is 4.52 Å². The molecule has 1 N–H and O–H groups in total. The van der Waals surface area contributed by atoms with Crippen molar-refractivity contribution in [1.82, 2.24) is 0 Å². The fourth-order valence-electron chi connectivity index (χ4n) is 1.27. The maximum absolute atomic E-state index is 11.7. The Balaban J connectivity index is 2.69.